The van der Waals surface area contributed by atoms with Crippen LogP contribution in [0.5, 0.6) is 0 Å². The van der Waals surface area contributed by atoms with Crippen LogP contribution in [0.2, 0.25) is 5.15 Å². The summed E-state index contributed by atoms with van der Waals surface area (Å²) < 4.78 is 0. The highest BCUT2D eigenvalue weighted by atomic mass is 35.5. The van der Waals surface area contributed by atoms with E-state index in [9.17, 15) is 0 Å². The van der Waals surface area contributed by atoms with Crippen LogP contribution in [0.4, 0.5) is 5.82 Å². The van der Waals surface area contributed by atoms with Crippen molar-refractivity contribution in [3.8, 4) is 0 Å². The second-order valence-corrected chi connectivity index (χ2v) is 4.74. The lowest BCUT2D eigenvalue weighted by molar-refractivity contribution is 0.194. The van der Waals surface area contributed by atoms with E-state index in [0.29, 0.717) is 11.2 Å². The fourth-order valence-corrected chi connectivity index (χ4v) is 2.29. The Balaban J connectivity index is 1.86. The fraction of sp³-hybridized carbons (Fsp3) is 0.583. The van der Waals surface area contributed by atoms with Crippen molar-refractivity contribution >= 4 is 17.4 Å². The molecule has 0 amide bonds. The number of aromatic nitrogens is 1. The summed E-state index contributed by atoms with van der Waals surface area (Å²) in [7, 11) is 2.19. The highest BCUT2D eigenvalue weighted by Crippen LogP contribution is 2.16. The van der Waals surface area contributed by atoms with Crippen LogP contribution >= 0.6 is 11.6 Å². The molecule has 2 heterocycles. The summed E-state index contributed by atoms with van der Waals surface area (Å²) in [6.45, 7) is 2.15. The Morgan fingerprint density at radius 3 is 3.12 bits per heavy atom. The van der Waals surface area contributed by atoms with E-state index >= 15 is 0 Å². The lowest BCUT2D eigenvalue weighted by Gasteiger charge is -2.32. The first-order valence-electron chi connectivity index (χ1n) is 5.82. The first-order chi connectivity index (χ1) is 7.75. The number of hydrogen-bond donors (Lipinski definition) is 1. The molecule has 1 saturated heterocycles. The fourth-order valence-electron chi connectivity index (χ4n) is 2.13. The lowest BCUT2D eigenvalue weighted by atomic mass is 10.0. The Morgan fingerprint density at radius 1 is 1.50 bits per heavy atom. The largest absolute Gasteiger partial charge is 0.368 e. The molecule has 1 unspecified atom stereocenters. The van der Waals surface area contributed by atoms with E-state index in [1.807, 2.05) is 12.1 Å². The zero-order chi connectivity index (χ0) is 11.4. The molecule has 0 bridgehead atoms. The number of pyridine rings is 1. The molecule has 88 valence electrons. The molecule has 1 atom stereocenters. The van der Waals surface area contributed by atoms with Crippen molar-refractivity contribution in [2.45, 2.75) is 25.3 Å². The van der Waals surface area contributed by atoms with Gasteiger partial charge in [-0.1, -0.05) is 24.1 Å². The zero-order valence-corrected chi connectivity index (χ0v) is 10.4. The average molecular weight is 240 g/mol. The summed E-state index contributed by atoms with van der Waals surface area (Å²) in [4.78, 5) is 6.64. The Hall–Kier alpha value is -0.800. The predicted octanol–water partition coefficient (Wildman–Crippen LogP) is 2.63. The molecule has 1 fully saturated rings. The maximum atomic E-state index is 5.83. The minimum absolute atomic E-state index is 0.544. The van der Waals surface area contributed by atoms with Crippen molar-refractivity contribution in [1.82, 2.24) is 9.88 Å². The van der Waals surface area contributed by atoms with Crippen LogP contribution in [-0.2, 0) is 0 Å². The Morgan fingerprint density at radius 2 is 2.38 bits per heavy atom. The topological polar surface area (TPSA) is 28.2 Å². The van der Waals surface area contributed by atoms with Gasteiger partial charge in [-0.15, -0.1) is 0 Å². The first-order valence-corrected chi connectivity index (χ1v) is 6.20. The van der Waals surface area contributed by atoms with Gasteiger partial charge in [0, 0.05) is 12.6 Å². The van der Waals surface area contributed by atoms with Gasteiger partial charge in [0.2, 0.25) is 0 Å². The lowest BCUT2D eigenvalue weighted by Crippen LogP contribution is -2.40. The van der Waals surface area contributed by atoms with Gasteiger partial charge in [-0.05, 0) is 38.6 Å². The summed E-state index contributed by atoms with van der Waals surface area (Å²) in [6.07, 6.45) is 3.92. The number of piperidine rings is 1. The molecule has 0 aromatic carbocycles. The monoisotopic (exact) mass is 239 g/mol. The van der Waals surface area contributed by atoms with E-state index in [1.54, 1.807) is 6.07 Å². The van der Waals surface area contributed by atoms with Crippen molar-refractivity contribution in [2.24, 2.45) is 0 Å². The molecule has 1 aliphatic rings. The number of nitrogens with one attached hydrogen (secondary N) is 1. The van der Waals surface area contributed by atoms with Gasteiger partial charge in [-0.3, -0.25) is 0 Å². The van der Waals surface area contributed by atoms with Gasteiger partial charge in [0.25, 0.3) is 0 Å². The van der Waals surface area contributed by atoms with Crippen molar-refractivity contribution in [2.75, 3.05) is 25.5 Å². The standard InChI is InChI=1S/C12H18ClN3/c1-16-8-3-2-5-10(16)9-14-12-7-4-6-11(13)15-12/h4,6-7,10H,2-3,5,8-9H2,1H3,(H,14,15). The number of hydrogen-bond acceptors (Lipinski definition) is 3. The predicted molar refractivity (Wildman–Crippen MR) is 68.0 cm³/mol. The van der Waals surface area contributed by atoms with Crippen LogP contribution < -0.4 is 5.32 Å². The van der Waals surface area contributed by atoms with Crippen LogP contribution in [0.3, 0.4) is 0 Å². The molecule has 0 radical (unpaired) electrons. The van der Waals surface area contributed by atoms with Crippen LogP contribution in [0.15, 0.2) is 18.2 Å². The van der Waals surface area contributed by atoms with E-state index in [0.717, 1.165) is 12.4 Å². The van der Waals surface area contributed by atoms with Crippen molar-refractivity contribution in [1.29, 1.82) is 0 Å². The van der Waals surface area contributed by atoms with Crippen LogP contribution in [0.1, 0.15) is 19.3 Å². The number of nitrogens with zero attached hydrogens (tertiary/aromatic N) is 2. The third-order valence-electron chi connectivity index (χ3n) is 3.16. The zero-order valence-electron chi connectivity index (χ0n) is 9.62. The minimum Gasteiger partial charge on any atom is -0.368 e. The molecular weight excluding hydrogens is 222 g/mol. The van der Waals surface area contributed by atoms with Crippen molar-refractivity contribution in [3.63, 3.8) is 0 Å². The summed E-state index contributed by atoms with van der Waals surface area (Å²) in [5.74, 6) is 0.867. The third-order valence-corrected chi connectivity index (χ3v) is 3.37. The summed E-state index contributed by atoms with van der Waals surface area (Å²) >= 11 is 5.83. The van der Waals surface area contributed by atoms with E-state index in [-0.39, 0.29) is 0 Å². The summed E-state index contributed by atoms with van der Waals surface area (Å²) in [6, 6.07) is 6.28. The maximum absolute atomic E-state index is 5.83. The second kappa shape index (κ2) is 5.51. The van der Waals surface area contributed by atoms with Crippen molar-refractivity contribution in [3.05, 3.63) is 23.4 Å². The Bertz CT molecular complexity index is 343. The van der Waals surface area contributed by atoms with Gasteiger partial charge >= 0.3 is 0 Å². The van der Waals surface area contributed by atoms with Gasteiger partial charge in [0.1, 0.15) is 11.0 Å². The minimum atomic E-state index is 0.544. The van der Waals surface area contributed by atoms with Gasteiger partial charge in [-0.2, -0.15) is 0 Å². The maximum Gasteiger partial charge on any atom is 0.131 e. The molecule has 4 heteroatoms. The van der Waals surface area contributed by atoms with Crippen LogP contribution in [0, 0.1) is 0 Å². The number of anilines is 1. The molecule has 0 spiro atoms. The second-order valence-electron chi connectivity index (χ2n) is 4.36. The van der Waals surface area contributed by atoms with E-state index in [4.69, 9.17) is 11.6 Å². The molecule has 16 heavy (non-hydrogen) atoms. The summed E-state index contributed by atoms with van der Waals surface area (Å²) in [5.41, 5.74) is 0. The first kappa shape index (κ1) is 11.7. The summed E-state index contributed by atoms with van der Waals surface area (Å²) in [5, 5.41) is 3.89. The molecule has 1 aromatic heterocycles. The van der Waals surface area contributed by atoms with E-state index < -0.39 is 0 Å². The average Bonchev–Trinajstić information content (AvgIpc) is 2.28. The molecule has 2 rings (SSSR count). The molecule has 0 saturated carbocycles. The SMILES string of the molecule is CN1CCCCC1CNc1cccc(Cl)n1. The Labute approximate surface area is 102 Å². The molecule has 3 nitrogen and oxygen atoms in total. The normalized spacial score (nSPS) is 22.0. The van der Waals surface area contributed by atoms with E-state index in [2.05, 4.69) is 22.2 Å². The number of likely N-dealkylation sites (N-methyl/N-ethyl adjacent to an activating group) is 1. The highest BCUT2D eigenvalue weighted by Gasteiger charge is 2.18. The van der Waals surface area contributed by atoms with Gasteiger partial charge in [0.15, 0.2) is 0 Å². The molecule has 1 aromatic rings. The number of likely N-dealkylation sites (tertiary alicyclic amines) is 1. The molecule has 1 aliphatic heterocycles. The molecule has 0 aliphatic carbocycles. The quantitative estimate of drug-likeness (QED) is 0.822. The number of rotatable bonds is 3. The van der Waals surface area contributed by atoms with Gasteiger partial charge in [0.05, 0.1) is 0 Å². The highest BCUT2D eigenvalue weighted by molar-refractivity contribution is 6.29. The van der Waals surface area contributed by atoms with E-state index in [1.165, 1.54) is 25.8 Å². The van der Waals surface area contributed by atoms with Crippen LogP contribution in [-0.4, -0.2) is 36.1 Å². The van der Waals surface area contributed by atoms with Gasteiger partial charge in [-0.25, -0.2) is 4.98 Å². The molecule has 1 N–H and O–H groups in total. The Kier molecular flexibility index (Phi) is 4.02. The third kappa shape index (κ3) is 3.09. The van der Waals surface area contributed by atoms with Crippen LogP contribution in [0.25, 0.3) is 0 Å². The molecular formula is C12H18ClN3. The smallest absolute Gasteiger partial charge is 0.131 e. The van der Waals surface area contributed by atoms with Gasteiger partial charge < -0.3 is 10.2 Å². The number of halogens is 1. The van der Waals surface area contributed by atoms with Crippen molar-refractivity contribution < 1.29 is 0 Å².